The third-order valence-corrected chi connectivity index (χ3v) is 2.40. The van der Waals surface area contributed by atoms with E-state index in [-0.39, 0.29) is 0 Å². The standard InChI is InChI=1S/C9H6Cl2NO3P/c10-16(11,13)15-14-8-5-1-3-7-4-2-6-12-9(7)8/h1-6H. The van der Waals surface area contributed by atoms with E-state index in [0.29, 0.717) is 11.3 Å². The highest BCUT2D eigenvalue weighted by Gasteiger charge is 2.17. The van der Waals surface area contributed by atoms with Gasteiger partial charge in [0.15, 0.2) is 5.75 Å². The Bertz CT molecular complexity index is 552. The molecule has 2 rings (SSSR count). The van der Waals surface area contributed by atoms with E-state index in [4.69, 9.17) is 27.4 Å². The smallest absolute Gasteiger partial charge is 0.326 e. The van der Waals surface area contributed by atoms with Gasteiger partial charge in [-0.3, -0.25) is 9.55 Å². The van der Waals surface area contributed by atoms with Crippen molar-refractivity contribution >= 4 is 39.5 Å². The van der Waals surface area contributed by atoms with Crippen LogP contribution in [0.3, 0.4) is 0 Å². The number of benzene rings is 1. The molecule has 1 aromatic carbocycles. The highest BCUT2D eigenvalue weighted by Crippen LogP contribution is 2.57. The molecule has 2 aromatic rings. The van der Waals surface area contributed by atoms with Gasteiger partial charge in [-0.05, 0) is 34.6 Å². The van der Waals surface area contributed by atoms with Gasteiger partial charge in [-0.15, -0.1) is 0 Å². The van der Waals surface area contributed by atoms with Gasteiger partial charge in [0.2, 0.25) is 0 Å². The van der Waals surface area contributed by atoms with Gasteiger partial charge in [0, 0.05) is 11.6 Å². The minimum absolute atomic E-state index is 0.305. The first-order valence-corrected chi connectivity index (χ1v) is 7.69. The van der Waals surface area contributed by atoms with Crippen molar-refractivity contribution in [1.29, 1.82) is 0 Å². The Hall–Kier alpha value is -0.800. The second-order valence-electron chi connectivity index (χ2n) is 2.90. The maximum atomic E-state index is 10.9. The maximum absolute atomic E-state index is 10.9. The Morgan fingerprint density at radius 1 is 1.19 bits per heavy atom. The summed E-state index contributed by atoms with van der Waals surface area (Å²) in [6.07, 6.45) is -2.11. The van der Waals surface area contributed by atoms with E-state index >= 15 is 0 Å². The summed E-state index contributed by atoms with van der Waals surface area (Å²) in [5.74, 6) is 0.305. The van der Waals surface area contributed by atoms with Crippen molar-refractivity contribution in [3.8, 4) is 5.75 Å². The molecule has 0 amide bonds. The summed E-state index contributed by atoms with van der Waals surface area (Å²) in [7, 11) is 0. The Morgan fingerprint density at radius 3 is 2.69 bits per heavy atom. The topological polar surface area (TPSA) is 48.4 Å². The Labute approximate surface area is 101 Å². The number of fused-ring (bicyclic) bond motifs is 1. The number of nitrogens with zero attached hydrogens (tertiary/aromatic N) is 1. The van der Waals surface area contributed by atoms with Crippen molar-refractivity contribution in [3.05, 3.63) is 36.5 Å². The van der Waals surface area contributed by atoms with E-state index in [2.05, 4.69) is 9.66 Å². The number of hydrogen-bond donors (Lipinski definition) is 0. The lowest BCUT2D eigenvalue weighted by Crippen LogP contribution is -1.92. The van der Waals surface area contributed by atoms with Crippen LogP contribution >= 0.6 is 28.6 Å². The van der Waals surface area contributed by atoms with Crippen LogP contribution in [0.25, 0.3) is 10.9 Å². The molecular weight excluding hydrogens is 272 g/mol. The number of hydrogen-bond acceptors (Lipinski definition) is 4. The predicted molar refractivity (Wildman–Crippen MR) is 62.8 cm³/mol. The molecule has 0 saturated carbocycles. The van der Waals surface area contributed by atoms with Crippen LogP contribution in [0, 0.1) is 0 Å². The monoisotopic (exact) mass is 277 g/mol. The van der Waals surface area contributed by atoms with Gasteiger partial charge in [-0.2, -0.15) is 0 Å². The fourth-order valence-electron chi connectivity index (χ4n) is 1.23. The molecule has 0 N–H and O–H groups in total. The van der Waals surface area contributed by atoms with Crippen LogP contribution < -0.4 is 4.89 Å². The molecule has 0 saturated heterocycles. The normalized spacial score (nSPS) is 11.6. The van der Waals surface area contributed by atoms with Crippen LogP contribution in [0.2, 0.25) is 0 Å². The van der Waals surface area contributed by atoms with Crippen LogP contribution in [0.4, 0.5) is 0 Å². The van der Waals surface area contributed by atoms with Crippen molar-refractivity contribution in [2.45, 2.75) is 0 Å². The molecule has 1 heterocycles. The van der Waals surface area contributed by atoms with E-state index in [0.717, 1.165) is 5.39 Å². The molecule has 4 nitrogen and oxygen atoms in total. The summed E-state index contributed by atoms with van der Waals surface area (Å²) in [5, 5.41) is 0.863. The van der Waals surface area contributed by atoms with Gasteiger partial charge in [0.05, 0.1) is 0 Å². The lowest BCUT2D eigenvalue weighted by atomic mass is 10.2. The number of rotatable bonds is 3. The minimum atomic E-state index is -3.71. The average Bonchev–Trinajstić information content (AvgIpc) is 2.25. The summed E-state index contributed by atoms with van der Waals surface area (Å²) in [6.45, 7) is 0. The second-order valence-corrected chi connectivity index (χ2v) is 7.07. The van der Waals surface area contributed by atoms with Crippen molar-refractivity contribution in [2.24, 2.45) is 0 Å². The molecule has 0 bridgehead atoms. The SMILES string of the molecule is O=P(Cl)(Cl)OOc1cccc2cccnc12. The Morgan fingerprint density at radius 2 is 1.94 bits per heavy atom. The highest BCUT2D eigenvalue weighted by molar-refractivity contribution is 8.05. The van der Waals surface area contributed by atoms with E-state index in [9.17, 15) is 4.57 Å². The van der Waals surface area contributed by atoms with Crippen LogP contribution in [-0.4, -0.2) is 4.98 Å². The van der Waals surface area contributed by atoms with Gasteiger partial charge in [-0.25, -0.2) is 0 Å². The lowest BCUT2D eigenvalue weighted by molar-refractivity contribution is -0.0892. The zero-order valence-corrected chi connectivity index (χ0v) is 10.2. The third kappa shape index (κ3) is 2.86. The molecule has 0 aliphatic heterocycles. The summed E-state index contributed by atoms with van der Waals surface area (Å²) in [4.78, 5) is 8.90. The molecule has 0 fully saturated rings. The molecule has 0 aliphatic rings. The summed E-state index contributed by atoms with van der Waals surface area (Å²) < 4.78 is 15.3. The molecule has 16 heavy (non-hydrogen) atoms. The van der Waals surface area contributed by atoms with Crippen LogP contribution in [0.1, 0.15) is 0 Å². The lowest BCUT2D eigenvalue weighted by Gasteiger charge is -2.06. The van der Waals surface area contributed by atoms with Gasteiger partial charge in [0.1, 0.15) is 5.52 Å². The maximum Gasteiger partial charge on any atom is 0.417 e. The number of para-hydroxylation sites is 1. The second kappa shape index (κ2) is 4.60. The van der Waals surface area contributed by atoms with Crippen molar-refractivity contribution in [1.82, 2.24) is 4.98 Å². The zero-order valence-electron chi connectivity index (χ0n) is 7.84. The van der Waals surface area contributed by atoms with E-state index < -0.39 is 6.07 Å². The number of aromatic nitrogens is 1. The van der Waals surface area contributed by atoms with E-state index in [1.807, 2.05) is 12.1 Å². The molecule has 0 spiro atoms. The van der Waals surface area contributed by atoms with Crippen molar-refractivity contribution in [2.75, 3.05) is 0 Å². The largest absolute Gasteiger partial charge is 0.417 e. The van der Waals surface area contributed by atoms with Crippen LogP contribution in [0.15, 0.2) is 36.5 Å². The van der Waals surface area contributed by atoms with Gasteiger partial charge < -0.3 is 4.89 Å². The summed E-state index contributed by atoms with van der Waals surface area (Å²) in [5.41, 5.74) is 0.576. The Balaban J connectivity index is 2.34. The predicted octanol–water partition coefficient (Wildman–Crippen LogP) is 4.13. The first-order valence-electron chi connectivity index (χ1n) is 4.26. The van der Waals surface area contributed by atoms with Crippen LogP contribution in [0.5, 0.6) is 5.75 Å². The molecule has 7 heteroatoms. The summed E-state index contributed by atoms with van der Waals surface area (Å²) >= 11 is 10.4. The molecule has 0 unspecified atom stereocenters. The fourth-order valence-corrected chi connectivity index (χ4v) is 1.56. The first-order chi connectivity index (χ1) is 7.56. The molecule has 1 aromatic heterocycles. The van der Waals surface area contributed by atoms with Crippen molar-refractivity contribution < 1.29 is 14.1 Å². The van der Waals surface area contributed by atoms with Gasteiger partial charge >= 0.3 is 6.07 Å². The number of pyridine rings is 1. The van der Waals surface area contributed by atoms with Crippen LogP contribution in [-0.2, 0) is 9.24 Å². The molecule has 0 aliphatic carbocycles. The Kier molecular flexibility index (Phi) is 3.36. The first kappa shape index (κ1) is 11.7. The fraction of sp³-hybridized carbons (Fsp3) is 0. The van der Waals surface area contributed by atoms with Crippen molar-refractivity contribution in [3.63, 3.8) is 0 Å². The molecule has 0 atom stereocenters. The summed E-state index contributed by atoms with van der Waals surface area (Å²) in [6, 6.07) is 8.86. The molecule has 0 radical (unpaired) electrons. The van der Waals surface area contributed by atoms with Gasteiger partial charge in [0.25, 0.3) is 0 Å². The highest BCUT2D eigenvalue weighted by atomic mass is 35.9. The number of halogens is 2. The zero-order chi connectivity index (χ0) is 11.6. The minimum Gasteiger partial charge on any atom is -0.326 e. The van der Waals surface area contributed by atoms with E-state index in [1.165, 1.54) is 0 Å². The third-order valence-electron chi connectivity index (χ3n) is 1.81. The molecule has 84 valence electrons. The van der Waals surface area contributed by atoms with Gasteiger partial charge in [-0.1, -0.05) is 22.9 Å². The quantitative estimate of drug-likeness (QED) is 0.481. The van der Waals surface area contributed by atoms with E-state index in [1.54, 1.807) is 24.4 Å². The average molecular weight is 278 g/mol. The molecular formula is C9H6Cl2NO3P.